The van der Waals surface area contributed by atoms with Gasteiger partial charge in [-0.2, -0.15) is 0 Å². The lowest BCUT2D eigenvalue weighted by Crippen LogP contribution is -2.29. The maximum absolute atomic E-state index is 6.44. The smallest absolute Gasteiger partial charge is 0.188 e. The number of rotatable bonds is 2. The van der Waals surface area contributed by atoms with Crippen molar-refractivity contribution in [3.8, 4) is 0 Å². The van der Waals surface area contributed by atoms with Crippen molar-refractivity contribution >= 4 is 11.8 Å². The molecule has 0 aliphatic heterocycles. The van der Waals surface area contributed by atoms with Gasteiger partial charge >= 0.3 is 0 Å². The molecule has 20 heavy (non-hydrogen) atoms. The van der Waals surface area contributed by atoms with Crippen LogP contribution in [0.15, 0.2) is 35.5 Å². The minimum Gasteiger partial charge on any atom is -0.323 e. The Morgan fingerprint density at radius 1 is 1.15 bits per heavy atom. The SMILES string of the molecule is Cc1cc(C)nc(SC2CCc3ccccc3C2N)n1. The average Bonchev–Trinajstić information content (AvgIpc) is 2.41. The van der Waals surface area contributed by atoms with Crippen molar-refractivity contribution in [1.82, 2.24) is 9.97 Å². The van der Waals surface area contributed by atoms with E-state index in [9.17, 15) is 0 Å². The Hall–Kier alpha value is -1.39. The third-order valence-electron chi connectivity index (χ3n) is 3.73. The molecule has 1 aromatic carbocycles. The molecule has 104 valence electrons. The quantitative estimate of drug-likeness (QED) is 0.861. The lowest BCUT2D eigenvalue weighted by atomic mass is 9.88. The fourth-order valence-corrected chi connectivity index (χ4v) is 3.97. The molecule has 0 bridgehead atoms. The first-order chi connectivity index (χ1) is 9.63. The minimum atomic E-state index is 0.0642. The normalized spacial score (nSPS) is 21.6. The van der Waals surface area contributed by atoms with Crippen LogP contribution in [0, 0.1) is 13.8 Å². The summed E-state index contributed by atoms with van der Waals surface area (Å²) in [6.45, 7) is 4.02. The number of benzene rings is 1. The number of fused-ring (bicyclic) bond motifs is 1. The van der Waals surface area contributed by atoms with Crippen LogP contribution in [-0.2, 0) is 6.42 Å². The Morgan fingerprint density at radius 2 is 1.85 bits per heavy atom. The lowest BCUT2D eigenvalue weighted by molar-refractivity contribution is 0.585. The molecule has 4 heteroatoms. The fourth-order valence-electron chi connectivity index (χ4n) is 2.78. The molecule has 3 nitrogen and oxygen atoms in total. The van der Waals surface area contributed by atoms with Crippen LogP contribution in [0.25, 0.3) is 0 Å². The van der Waals surface area contributed by atoms with Gasteiger partial charge in [-0.25, -0.2) is 9.97 Å². The number of hydrogen-bond donors (Lipinski definition) is 1. The number of thioether (sulfide) groups is 1. The van der Waals surface area contributed by atoms with E-state index in [0.29, 0.717) is 5.25 Å². The Kier molecular flexibility index (Phi) is 3.76. The standard InChI is InChI=1S/C16H19N3S/c1-10-9-11(2)19-16(18-10)20-14-8-7-12-5-3-4-6-13(12)15(14)17/h3-6,9,14-15H,7-8,17H2,1-2H3. The maximum atomic E-state index is 6.44. The molecule has 2 atom stereocenters. The van der Waals surface area contributed by atoms with Gasteiger partial charge in [0.15, 0.2) is 5.16 Å². The molecule has 1 aliphatic carbocycles. The number of nitrogens with two attached hydrogens (primary N) is 1. The van der Waals surface area contributed by atoms with Crippen LogP contribution in [0.3, 0.4) is 0 Å². The highest BCUT2D eigenvalue weighted by atomic mass is 32.2. The Bertz CT molecular complexity index is 607. The second-order valence-corrected chi connectivity index (χ2v) is 6.56. The van der Waals surface area contributed by atoms with Crippen molar-refractivity contribution in [2.45, 2.75) is 43.1 Å². The monoisotopic (exact) mass is 285 g/mol. The van der Waals surface area contributed by atoms with Gasteiger partial charge in [0.2, 0.25) is 0 Å². The summed E-state index contributed by atoms with van der Waals surface area (Å²) in [6, 6.07) is 10.6. The number of aromatic nitrogens is 2. The molecular formula is C16H19N3S. The second-order valence-electron chi connectivity index (χ2n) is 5.35. The molecule has 0 amide bonds. The second kappa shape index (κ2) is 5.54. The molecule has 0 spiro atoms. The highest BCUT2D eigenvalue weighted by Crippen LogP contribution is 2.37. The van der Waals surface area contributed by atoms with Gasteiger partial charge in [-0.15, -0.1) is 0 Å². The molecule has 2 aromatic rings. The Labute approximate surface area is 124 Å². The zero-order valence-corrected chi connectivity index (χ0v) is 12.7. The Morgan fingerprint density at radius 3 is 2.60 bits per heavy atom. The van der Waals surface area contributed by atoms with Gasteiger partial charge in [0, 0.05) is 22.7 Å². The van der Waals surface area contributed by atoms with Gasteiger partial charge in [0.25, 0.3) is 0 Å². The van der Waals surface area contributed by atoms with Gasteiger partial charge in [0.1, 0.15) is 0 Å². The summed E-state index contributed by atoms with van der Waals surface area (Å²) in [5, 5.41) is 1.20. The molecule has 0 fully saturated rings. The van der Waals surface area contributed by atoms with Crippen LogP contribution >= 0.6 is 11.8 Å². The average molecular weight is 285 g/mol. The van der Waals surface area contributed by atoms with E-state index in [4.69, 9.17) is 5.73 Å². The molecule has 1 heterocycles. The van der Waals surface area contributed by atoms with E-state index in [-0.39, 0.29) is 6.04 Å². The van der Waals surface area contributed by atoms with Gasteiger partial charge in [0.05, 0.1) is 0 Å². The molecule has 2 unspecified atom stereocenters. The van der Waals surface area contributed by atoms with Crippen LogP contribution in [0.4, 0.5) is 0 Å². The van der Waals surface area contributed by atoms with E-state index >= 15 is 0 Å². The van der Waals surface area contributed by atoms with Crippen molar-refractivity contribution in [2.75, 3.05) is 0 Å². The minimum absolute atomic E-state index is 0.0642. The van der Waals surface area contributed by atoms with Gasteiger partial charge in [-0.05, 0) is 43.9 Å². The number of aryl methyl sites for hydroxylation is 3. The van der Waals surface area contributed by atoms with Crippen molar-refractivity contribution in [3.63, 3.8) is 0 Å². The van der Waals surface area contributed by atoms with Crippen LogP contribution in [0.1, 0.15) is 35.0 Å². The zero-order chi connectivity index (χ0) is 14.1. The number of nitrogens with zero attached hydrogens (tertiary/aromatic N) is 2. The molecular weight excluding hydrogens is 266 g/mol. The molecule has 0 saturated carbocycles. The highest BCUT2D eigenvalue weighted by Gasteiger charge is 2.28. The van der Waals surface area contributed by atoms with Crippen molar-refractivity contribution in [2.24, 2.45) is 5.73 Å². The predicted molar refractivity (Wildman–Crippen MR) is 82.8 cm³/mol. The van der Waals surface area contributed by atoms with Crippen LogP contribution in [0.2, 0.25) is 0 Å². The molecule has 0 saturated heterocycles. The Balaban J connectivity index is 1.82. The van der Waals surface area contributed by atoms with E-state index < -0.39 is 0 Å². The summed E-state index contributed by atoms with van der Waals surface area (Å²) in [5.41, 5.74) is 11.1. The zero-order valence-electron chi connectivity index (χ0n) is 11.8. The van der Waals surface area contributed by atoms with Crippen molar-refractivity contribution in [1.29, 1.82) is 0 Å². The first-order valence-corrected chi connectivity index (χ1v) is 7.84. The molecule has 1 aliphatic rings. The summed E-state index contributed by atoms with van der Waals surface area (Å²) in [7, 11) is 0. The van der Waals surface area contributed by atoms with Gasteiger partial charge < -0.3 is 5.73 Å². The number of hydrogen-bond acceptors (Lipinski definition) is 4. The third kappa shape index (κ3) is 2.72. The van der Waals surface area contributed by atoms with E-state index in [1.54, 1.807) is 11.8 Å². The van der Waals surface area contributed by atoms with Gasteiger partial charge in [-0.1, -0.05) is 36.0 Å². The van der Waals surface area contributed by atoms with Crippen LogP contribution in [-0.4, -0.2) is 15.2 Å². The van der Waals surface area contributed by atoms with E-state index in [1.165, 1.54) is 11.1 Å². The van der Waals surface area contributed by atoms with Gasteiger partial charge in [-0.3, -0.25) is 0 Å². The first kappa shape index (κ1) is 13.6. The topological polar surface area (TPSA) is 51.8 Å². The van der Waals surface area contributed by atoms with Crippen LogP contribution < -0.4 is 5.73 Å². The van der Waals surface area contributed by atoms with Crippen LogP contribution in [0.5, 0.6) is 0 Å². The summed E-state index contributed by atoms with van der Waals surface area (Å²) >= 11 is 1.72. The maximum Gasteiger partial charge on any atom is 0.188 e. The molecule has 0 radical (unpaired) electrons. The molecule has 2 N–H and O–H groups in total. The van der Waals surface area contributed by atoms with Crippen molar-refractivity contribution < 1.29 is 0 Å². The summed E-state index contributed by atoms with van der Waals surface area (Å²) < 4.78 is 0. The summed E-state index contributed by atoms with van der Waals surface area (Å²) in [6.07, 6.45) is 2.17. The van der Waals surface area contributed by atoms with E-state index in [2.05, 4.69) is 34.2 Å². The summed E-state index contributed by atoms with van der Waals surface area (Å²) in [4.78, 5) is 9.03. The van der Waals surface area contributed by atoms with E-state index in [0.717, 1.165) is 29.4 Å². The largest absolute Gasteiger partial charge is 0.323 e. The molecule has 1 aromatic heterocycles. The first-order valence-electron chi connectivity index (χ1n) is 6.96. The molecule has 3 rings (SSSR count). The lowest BCUT2D eigenvalue weighted by Gasteiger charge is -2.30. The predicted octanol–water partition coefficient (Wildman–Crippen LogP) is 3.20. The van der Waals surface area contributed by atoms with Crippen molar-refractivity contribution in [3.05, 3.63) is 52.8 Å². The highest BCUT2D eigenvalue weighted by molar-refractivity contribution is 7.99. The summed E-state index contributed by atoms with van der Waals surface area (Å²) in [5.74, 6) is 0. The fraction of sp³-hybridized carbons (Fsp3) is 0.375. The third-order valence-corrected chi connectivity index (χ3v) is 4.96. The van der Waals surface area contributed by atoms with E-state index in [1.807, 2.05) is 19.9 Å².